The van der Waals surface area contributed by atoms with Gasteiger partial charge in [-0.25, -0.2) is 13.4 Å². The lowest BCUT2D eigenvalue weighted by molar-refractivity contribution is -0.118. The third kappa shape index (κ3) is 6.32. The lowest BCUT2D eigenvalue weighted by Crippen LogP contribution is -2.38. The molecular weight excluding hydrogens is 478 g/mol. The summed E-state index contributed by atoms with van der Waals surface area (Å²) in [5, 5.41) is 1.22. The first kappa shape index (κ1) is 25.6. The Morgan fingerprint density at radius 1 is 1.06 bits per heavy atom. The van der Waals surface area contributed by atoms with Crippen molar-refractivity contribution in [1.29, 1.82) is 0 Å². The van der Waals surface area contributed by atoms with E-state index in [1.807, 2.05) is 19.1 Å². The van der Waals surface area contributed by atoms with Gasteiger partial charge in [-0.3, -0.25) is 9.69 Å². The molecule has 33 heavy (non-hydrogen) atoms. The highest BCUT2D eigenvalue weighted by Gasteiger charge is 2.23. The van der Waals surface area contributed by atoms with Crippen molar-refractivity contribution >= 4 is 54.0 Å². The molecule has 0 radical (unpaired) electrons. The molecule has 1 aromatic heterocycles. The fraction of sp³-hybridized carbons (Fsp3) is 0.417. The number of sulfone groups is 1. The van der Waals surface area contributed by atoms with Crippen LogP contribution in [0.4, 0.5) is 5.13 Å². The van der Waals surface area contributed by atoms with Crippen LogP contribution >= 0.6 is 22.9 Å². The van der Waals surface area contributed by atoms with Gasteiger partial charge in [0.1, 0.15) is 0 Å². The standard InChI is InChI=1S/C24H30ClN3O3S2/c1-4-27(5-2)15-16-28(24-26-22-18(3)13-14-20(25)23(22)32-24)21(29)12-9-17-33(30,31)19-10-7-6-8-11-19/h6-8,10-11,13-14H,4-5,9,12,15-17H2,1-3H3. The van der Waals surface area contributed by atoms with Crippen molar-refractivity contribution in [1.82, 2.24) is 9.88 Å². The Kier molecular flexibility index (Phi) is 8.87. The Morgan fingerprint density at radius 2 is 1.76 bits per heavy atom. The van der Waals surface area contributed by atoms with Gasteiger partial charge in [0.2, 0.25) is 5.91 Å². The Bertz CT molecular complexity index is 1150. The number of halogens is 1. The van der Waals surface area contributed by atoms with Crippen molar-refractivity contribution in [3.63, 3.8) is 0 Å². The highest BCUT2D eigenvalue weighted by atomic mass is 35.5. The Hall–Kier alpha value is -2.00. The number of anilines is 1. The zero-order valence-electron chi connectivity index (χ0n) is 19.3. The molecule has 0 N–H and O–H groups in total. The number of nitrogens with zero attached hydrogens (tertiary/aromatic N) is 3. The second kappa shape index (κ2) is 11.4. The molecule has 0 fully saturated rings. The summed E-state index contributed by atoms with van der Waals surface area (Å²) in [4.78, 5) is 22.2. The lowest BCUT2D eigenvalue weighted by atomic mass is 10.2. The molecule has 2 aromatic carbocycles. The molecule has 1 heterocycles. The summed E-state index contributed by atoms with van der Waals surface area (Å²) in [7, 11) is -3.42. The van der Waals surface area contributed by atoms with Crippen LogP contribution in [0.2, 0.25) is 5.02 Å². The SMILES string of the molecule is CCN(CC)CCN(C(=O)CCCS(=O)(=O)c1ccccc1)c1nc2c(C)ccc(Cl)c2s1. The molecule has 6 nitrogen and oxygen atoms in total. The zero-order valence-corrected chi connectivity index (χ0v) is 21.6. The largest absolute Gasteiger partial charge is 0.302 e. The molecule has 0 bridgehead atoms. The highest BCUT2D eigenvalue weighted by Crippen LogP contribution is 2.35. The first-order valence-electron chi connectivity index (χ1n) is 11.1. The maximum atomic E-state index is 13.2. The van der Waals surface area contributed by atoms with Crippen LogP contribution in [0.1, 0.15) is 32.3 Å². The summed E-state index contributed by atoms with van der Waals surface area (Å²) in [6.45, 7) is 9.12. The van der Waals surface area contributed by atoms with E-state index in [-0.39, 0.29) is 29.4 Å². The van der Waals surface area contributed by atoms with Gasteiger partial charge in [-0.15, -0.1) is 0 Å². The number of aryl methyl sites for hydroxylation is 1. The zero-order chi connectivity index (χ0) is 24.0. The number of likely N-dealkylation sites (N-methyl/N-ethyl adjacent to an activating group) is 1. The van der Waals surface area contributed by atoms with Gasteiger partial charge in [-0.2, -0.15) is 0 Å². The van der Waals surface area contributed by atoms with Crippen LogP contribution < -0.4 is 4.90 Å². The molecule has 0 unspecified atom stereocenters. The van der Waals surface area contributed by atoms with Crippen molar-refractivity contribution in [2.45, 2.75) is 38.5 Å². The molecular formula is C24H30ClN3O3S2. The Morgan fingerprint density at radius 3 is 2.39 bits per heavy atom. The fourth-order valence-corrected chi connectivity index (χ4v) is 6.30. The van der Waals surface area contributed by atoms with E-state index in [9.17, 15) is 13.2 Å². The number of rotatable bonds is 11. The quantitative estimate of drug-likeness (QED) is 0.357. The maximum absolute atomic E-state index is 13.2. The number of amides is 1. The maximum Gasteiger partial charge on any atom is 0.228 e. The van der Waals surface area contributed by atoms with E-state index in [0.717, 1.165) is 28.9 Å². The van der Waals surface area contributed by atoms with Crippen LogP contribution in [-0.4, -0.2) is 56.1 Å². The lowest BCUT2D eigenvalue weighted by Gasteiger charge is -2.24. The number of fused-ring (bicyclic) bond motifs is 1. The normalized spacial score (nSPS) is 11.9. The predicted octanol–water partition coefficient (Wildman–Crippen LogP) is 5.19. The average molecular weight is 508 g/mol. The van der Waals surface area contributed by atoms with Crippen LogP contribution in [0.15, 0.2) is 47.4 Å². The highest BCUT2D eigenvalue weighted by molar-refractivity contribution is 7.91. The second-order valence-electron chi connectivity index (χ2n) is 7.85. The first-order chi connectivity index (χ1) is 15.8. The molecule has 9 heteroatoms. The van der Waals surface area contributed by atoms with Crippen molar-refractivity contribution < 1.29 is 13.2 Å². The number of carbonyl (C=O) groups is 1. The smallest absolute Gasteiger partial charge is 0.228 e. The first-order valence-corrected chi connectivity index (χ1v) is 14.0. The van der Waals surface area contributed by atoms with E-state index in [1.54, 1.807) is 35.2 Å². The number of hydrogen-bond acceptors (Lipinski definition) is 6. The third-order valence-corrected chi connectivity index (χ3v) is 9.01. The minimum Gasteiger partial charge on any atom is -0.302 e. The number of thiazole rings is 1. The molecule has 3 aromatic rings. The number of carbonyl (C=O) groups excluding carboxylic acids is 1. The summed E-state index contributed by atoms with van der Waals surface area (Å²) in [6.07, 6.45) is 0.384. The Labute approximate surface area is 205 Å². The summed E-state index contributed by atoms with van der Waals surface area (Å²) in [5.41, 5.74) is 1.80. The van der Waals surface area contributed by atoms with E-state index in [0.29, 0.717) is 23.2 Å². The van der Waals surface area contributed by atoms with E-state index in [1.165, 1.54) is 11.3 Å². The number of aromatic nitrogens is 1. The van der Waals surface area contributed by atoms with Crippen molar-refractivity contribution in [2.75, 3.05) is 36.8 Å². The van der Waals surface area contributed by atoms with Crippen LogP contribution in [0, 0.1) is 6.92 Å². The van der Waals surface area contributed by atoms with Crippen LogP contribution in [0.5, 0.6) is 0 Å². The minimum absolute atomic E-state index is 0.0720. The summed E-state index contributed by atoms with van der Waals surface area (Å²) in [6, 6.07) is 12.1. The predicted molar refractivity (Wildman–Crippen MR) is 137 cm³/mol. The van der Waals surface area contributed by atoms with Gasteiger partial charge in [-0.05, 0) is 50.2 Å². The number of benzene rings is 2. The molecule has 0 aliphatic rings. The average Bonchev–Trinajstić information content (AvgIpc) is 3.26. The topological polar surface area (TPSA) is 70.6 Å². The molecule has 1 amide bonds. The monoisotopic (exact) mass is 507 g/mol. The van der Waals surface area contributed by atoms with Crippen LogP contribution in [0.3, 0.4) is 0 Å². The van der Waals surface area contributed by atoms with Crippen molar-refractivity contribution in [2.24, 2.45) is 0 Å². The van der Waals surface area contributed by atoms with Crippen molar-refractivity contribution in [3.8, 4) is 0 Å². The van der Waals surface area contributed by atoms with Gasteiger partial charge in [0.25, 0.3) is 0 Å². The van der Waals surface area contributed by atoms with Crippen LogP contribution in [-0.2, 0) is 14.6 Å². The van der Waals surface area contributed by atoms with Gasteiger partial charge in [0, 0.05) is 19.5 Å². The molecule has 0 atom stereocenters. The van der Waals surface area contributed by atoms with Gasteiger partial charge in [-0.1, -0.05) is 61.1 Å². The van der Waals surface area contributed by atoms with Gasteiger partial charge >= 0.3 is 0 Å². The summed E-state index contributed by atoms with van der Waals surface area (Å²) < 4.78 is 26.0. The number of hydrogen-bond donors (Lipinski definition) is 0. The van der Waals surface area contributed by atoms with Crippen LogP contribution in [0.25, 0.3) is 10.2 Å². The molecule has 0 aliphatic heterocycles. The minimum atomic E-state index is -3.42. The van der Waals surface area contributed by atoms with Crippen molar-refractivity contribution in [3.05, 3.63) is 53.1 Å². The van der Waals surface area contributed by atoms with Gasteiger partial charge in [0.15, 0.2) is 15.0 Å². The fourth-order valence-electron chi connectivity index (χ4n) is 3.61. The molecule has 178 valence electrons. The molecule has 3 rings (SSSR count). The second-order valence-corrected chi connectivity index (χ2v) is 11.3. The molecule has 0 spiro atoms. The van der Waals surface area contributed by atoms with E-state index < -0.39 is 9.84 Å². The van der Waals surface area contributed by atoms with Gasteiger partial charge in [0.05, 0.1) is 25.9 Å². The van der Waals surface area contributed by atoms with E-state index in [4.69, 9.17) is 16.6 Å². The Balaban J connectivity index is 1.78. The molecule has 0 aliphatic carbocycles. The molecule has 0 saturated carbocycles. The van der Waals surface area contributed by atoms with Gasteiger partial charge < -0.3 is 4.90 Å². The summed E-state index contributed by atoms with van der Waals surface area (Å²) >= 11 is 7.79. The summed E-state index contributed by atoms with van der Waals surface area (Å²) in [5.74, 6) is -0.199. The third-order valence-electron chi connectivity index (χ3n) is 5.66. The molecule has 0 saturated heterocycles. The van der Waals surface area contributed by atoms with E-state index in [2.05, 4.69) is 18.7 Å². The van der Waals surface area contributed by atoms with E-state index >= 15 is 0 Å².